The minimum Gasteiger partial charge on any atom is -0.346 e. The summed E-state index contributed by atoms with van der Waals surface area (Å²) in [7, 11) is 0. The third-order valence-electron chi connectivity index (χ3n) is 5.01. The van der Waals surface area contributed by atoms with Crippen LogP contribution in [0.4, 0.5) is 5.13 Å². The molecule has 8 nitrogen and oxygen atoms in total. The van der Waals surface area contributed by atoms with Gasteiger partial charge in [-0.2, -0.15) is 5.10 Å². The highest BCUT2D eigenvalue weighted by Crippen LogP contribution is 2.34. The molecule has 0 aliphatic carbocycles. The third kappa shape index (κ3) is 3.78. The summed E-state index contributed by atoms with van der Waals surface area (Å²) in [6.07, 6.45) is 6.34. The number of nitrogens with zero attached hydrogens (tertiary/aromatic N) is 5. The largest absolute Gasteiger partial charge is 0.346 e. The van der Waals surface area contributed by atoms with E-state index in [1.54, 1.807) is 40.6 Å². The molecular formula is C20H23N7OS2. The number of pyridine rings is 1. The van der Waals surface area contributed by atoms with Crippen LogP contribution in [-0.4, -0.2) is 49.4 Å². The molecule has 1 fully saturated rings. The van der Waals surface area contributed by atoms with Crippen molar-refractivity contribution in [3.63, 3.8) is 0 Å². The third-order valence-corrected chi connectivity index (χ3v) is 7.09. The highest BCUT2D eigenvalue weighted by molar-refractivity contribution is 7.29. The lowest BCUT2D eigenvalue weighted by Crippen LogP contribution is -2.44. The van der Waals surface area contributed by atoms with Crippen LogP contribution < -0.4 is 15.8 Å². The van der Waals surface area contributed by atoms with Crippen LogP contribution in [0, 0.1) is 0 Å². The second-order valence-electron chi connectivity index (χ2n) is 8.54. The second kappa shape index (κ2) is 7.29. The molecule has 10 heteroatoms. The van der Waals surface area contributed by atoms with Gasteiger partial charge >= 0.3 is 0 Å². The zero-order valence-electron chi connectivity index (χ0n) is 17.0. The van der Waals surface area contributed by atoms with E-state index in [2.05, 4.69) is 46.2 Å². The first-order valence-electron chi connectivity index (χ1n) is 9.88. The van der Waals surface area contributed by atoms with Crippen molar-refractivity contribution in [2.24, 2.45) is 0 Å². The summed E-state index contributed by atoms with van der Waals surface area (Å²) in [5.74, 6) is 0. The molecule has 0 spiro atoms. The quantitative estimate of drug-likeness (QED) is 0.505. The molecular weight excluding hydrogens is 418 g/mol. The molecule has 156 valence electrons. The number of hydrogen-bond acceptors (Lipinski definition) is 8. The van der Waals surface area contributed by atoms with Crippen LogP contribution in [-0.2, 0) is 0 Å². The predicted octanol–water partition coefficient (Wildman–Crippen LogP) is 3.26. The molecule has 4 aromatic rings. The van der Waals surface area contributed by atoms with Gasteiger partial charge in [-0.1, -0.05) is 22.7 Å². The molecule has 1 unspecified atom stereocenters. The van der Waals surface area contributed by atoms with Gasteiger partial charge in [-0.15, -0.1) is 0 Å². The van der Waals surface area contributed by atoms with Gasteiger partial charge in [0.15, 0.2) is 19.9 Å². The van der Waals surface area contributed by atoms with Gasteiger partial charge in [-0.25, -0.2) is 9.97 Å². The molecule has 1 aliphatic rings. The van der Waals surface area contributed by atoms with E-state index in [1.807, 2.05) is 6.07 Å². The fourth-order valence-corrected chi connectivity index (χ4v) is 5.81. The van der Waals surface area contributed by atoms with E-state index in [-0.39, 0.29) is 11.1 Å². The van der Waals surface area contributed by atoms with Crippen molar-refractivity contribution in [3.05, 3.63) is 41.1 Å². The number of H-pyrrole nitrogens is 1. The standard InChI is InChI=1S/C20H23N7OS2/c1-20(2,3)25-14-5-6-26(11-14)18-23-16-17(29-18)24-19(30-16)27-7-4-12(8-15(27)28)13-9-21-22-10-13/h4,7-10,14,25H,5-6,11H2,1-3H3,(H,21,22). The monoisotopic (exact) mass is 441 g/mol. The number of fused-ring (bicyclic) bond motifs is 1. The maximum atomic E-state index is 12.6. The highest BCUT2D eigenvalue weighted by atomic mass is 32.1. The van der Waals surface area contributed by atoms with E-state index in [4.69, 9.17) is 4.98 Å². The lowest BCUT2D eigenvalue weighted by atomic mass is 10.1. The Morgan fingerprint density at radius 3 is 2.63 bits per heavy atom. The van der Waals surface area contributed by atoms with E-state index >= 15 is 0 Å². The Labute approximate surface area is 181 Å². The van der Waals surface area contributed by atoms with Crippen molar-refractivity contribution >= 4 is 37.5 Å². The smallest absolute Gasteiger partial charge is 0.257 e. The molecule has 0 saturated carbocycles. The van der Waals surface area contributed by atoms with Crippen LogP contribution in [0.3, 0.4) is 0 Å². The van der Waals surface area contributed by atoms with Crippen LogP contribution in [0.15, 0.2) is 35.5 Å². The minimum atomic E-state index is -0.119. The Morgan fingerprint density at radius 2 is 1.93 bits per heavy atom. The lowest BCUT2D eigenvalue weighted by molar-refractivity contribution is 0.373. The zero-order valence-corrected chi connectivity index (χ0v) is 18.7. The number of rotatable bonds is 4. The van der Waals surface area contributed by atoms with Crippen molar-refractivity contribution in [3.8, 4) is 16.3 Å². The van der Waals surface area contributed by atoms with Crippen molar-refractivity contribution in [2.45, 2.75) is 38.8 Å². The Morgan fingerprint density at radius 1 is 1.17 bits per heavy atom. The molecule has 1 aliphatic heterocycles. The Kier molecular flexibility index (Phi) is 4.72. The first kappa shape index (κ1) is 19.4. The zero-order chi connectivity index (χ0) is 20.9. The van der Waals surface area contributed by atoms with E-state index in [0.29, 0.717) is 11.2 Å². The van der Waals surface area contributed by atoms with Gasteiger partial charge in [-0.3, -0.25) is 14.5 Å². The molecule has 30 heavy (non-hydrogen) atoms. The first-order chi connectivity index (χ1) is 14.4. The second-order valence-corrected chi connectivity index (χ2v) is 10.5. The van der Waals surface area contributed by atoms with Crippen LogP contribution >= 0.6 is 22.7 Å². The normalized spacial score (nSPS) is 17.3. The molecule has 0 aromatic carbocycles. The maximum absolute atomic E-state index is 12.6. The molecule has 1 atom stereocenters. The topological polar surface area (TPSA) is 91.7 Å². The summed E-state index contributed by atoms with van der Waals surface area (Å²) in [6.45, 7) is 8.55. The molecule has 5 heterocycles. The average Bonchev–Trinajstić information content (AvgIpc) is 3.43. The molecule has 0 amide bonds. The number of thiazole rings is 2. The van der Waals surface area contributed by atoms with Crippen molar-refractivity contribution < 1.29 is 0 Å². The Bertz CT molecular complexity index is 1200. The van der Waals surface area contributed by atoms with Gasteiger partial charge in [0.1, 0.15) is 0 Å². The number of nitrogens with one attached hydrogen (secondary N) is 2. The molecule has 2 N–H and O–H groups in total. The Balaban J connectivity index is 1.36. The van der Waals surface area contributed by atoms with Crippen LogP contribution in [0.1, 0.15) is 27.2 Å². The first-order valence-corrected chi connectivity index (χ1v) is 11.5. The summed E-state index contributed by atoms with van der Waals surface area (Å²) >= 11 is 3.04. The average molecular weight is 442 g/mol. The molecule has 5 rings (SSSR count). The van der Waals surface area contributed by atoms with E-state index in [1.165, 1.54) is 11.3 Å². The number of hydrogen-bond donors (Lipinski definition) is 2. The fraction of sp³-hybridized carbons (Fsp3) is 0.400. The SMILES string of the molecule is CC(C)(C)NC1CCN(c2nc3sc(-n4ccc(-c5cn[nH]c5)cc4=O)nc3s2)C1. The van der Waals surface area contributed by atoms with Gasteiger partial charge in [-0.05, 0) is 38.8 Å². The van der Waals surface area contributed by atoms with Gasteiger partial charge in [0.25, 0.3) is 5.56 Å². The summed E-state index contributed by atoms with van der Waals surface area (Å²) in [5, 5.41) is 12.0. The van der Waals surface area contributed by atoms with E-state index in [9.17, 15) is 4.79 Å². The van der Waals surface area contributed by atoms with Crippen LogP contribution in [0.5, 0.6) is 0 Å². The van der Waals surface area contributed by atoms with Gasteiger partial charge in [0.2, 0.25) is 0 Å². The predicted molar refractivity (Wildman–Crippen MR) is 122 cm³/mol. The summed E-state index contributed by atoms with van der Waals surface area (Å²) in [6, 6.07) is 3.97. The summed E-state index contributed by atoms with van der Waals surface area (Å²) in [5.41, 5.74) is 1.71. The Hall–Kier alpha value is -2.56. The van der Waals surface area contributed by atoms with Crippen molar-refractivity contribution in [1.29, 1.82) is 0 Å². The maximum Gasteiger partial charge on any atom is 0.257 e. The van der Waals surface area contributed by atoms with Gasteiger partial charge < -0.3 is 10.2 Å². The number of aromatic amines is 1. The molecule has 0 radical (unpaired) electrons. The summed E-state index contributed by atoms with van der Waals surface area (Å²) in [4.78, 5) is 26.2. The van der Waals surface area contributed by atoms with Gasteiger partial charge in [0.05, 0.1) is 6.20 Å². The van der Waals surface area contributed by atoms with Crippen LogP contribution in [0.2, 0.25) is 0 Å². The summed E-state index contributed by atoms with van der Waals surface area (Å²) < 4.78 is 1.57. The molecule has 1 saturated heterocycles. The van der Waals surface area contributed by atoms with Crippen molar-refractivity contribution in [1.82, 2.24) is 30.0 Å². The van der Waals surface area contributed by atoms with Crippen LogP contribution in [0.25, 0.3) is 25.9 Å². The van der Waals surface area contributed by atoms with Gasteiger partial charge in [0, 0.05) is 48.7 Å². The van der Waals surface area contributed by atoms with E-state index in [0.717, 1.165) is 45.4 Å². The highest BCUT2D eigenvalue weighted by Gasteiger charge is 2.28. The van der Waals surface area contributed by atoms with E-state index < -0.39 is 0 Å². The fourth-order valence-electron chi connectivity index (χ4n) is 3.75. The molecule has 0 bridgehead atoms. The lowest BCUT2D eigenvalue weighted by Gasteiger charge is -2.25. The van der Waals surface area contributed by atoms with Crippen molar-refractivity contribution in [2.75, 3.05) is 18.0 Å². The molecule has 4 aromatic heterocycles. The number of aromatic nitrogens is 5. The number of anilines is 1. The minimum absolute atomic E-state index is 0.112.